The van der Waals surface area contributed by atoms with Crippen molar-refractivity contribution in [1.29, 1.82) is 0 Å². The van der Waals surface area contributed by atoms with Gasteiger partial charge in [-0.25, -0.2) is 9.97 Å². The number of hydrogen-bond acceptors (Lipinski definition) is 6. The lowest BCUT2D eigenvalue weighted by Gasteiger charge is -2.06. The molecule has 0 aliphatic carbocycles. The van der Waals surface area contributed by atoms with E-state index in [-0.39, 0.29) is 17.3 Å². The average molecular weight is 533 g/mol. The number of nitrogen functional groups attached to an aromatic ring is 1. The summed E-state index contributed by atoms with van der Waals surface area (Å²) in [5.74, 6) is 0.549. The molecule has 0 spiro atoms. The highest BCUT2D eigenvalue weighted by Gasteiger charge is 2.24. The maximum absolute atomic E-state index is 13.3. The number of fused-ring (bicyclic) bond motifs is 2. The van der Waals surface area contributed by atoms with Gasteiger partial charge in [-0.05, 0) is 53.9 Å². The van der Waals surface area contributed by atoms with Crippen LogP contribution >= 0.6 is 23.2 Å². The molecule has 0 radical (unpaired) electrons. The summed E-state index contributed by atoms with van der Waals surface area (Å²) in [5.41, 5.74) is 10.5. The molecule has 0 bridgehead atoms. The molecule has 2 aromatic heterocycles. The fourth-order valence-corrected chi connectivity index (χ4v) is 4.21. The van der Waals surface area contributed by atoms with E-state index < -0.39 is 0 Å². The van der Waals surface area contributed by atoms with Crippen LogP contribution in [0.4, 0.5) is 5.82 Å². The number of hydrogen-bond donors (Lipinski definition) is 2. The Labute approximate surface area is 222 Å². The Bertz CT molecular complexity index is 1650. The molecule has 1 amide bonds. The number of nitrogens with two attached hydrogens (primary N) is 1. The molecule has 8 nitrogen and oxygen atoms in total. The van der Waals surface area contributed by atoms with Crippen molar-refractivity contribution in [2.45, 2.75) is 6.42 Å². The van der Waals surface area contributed by atoms with Crippen molar-refractivity contribution in [3.8, 4) is 5.75 Å². The summed E-state index contributed by atoms with van der Waals surface area (Å²) >= 11 is 12.2. The van der Waals surface area contributed by atoms with Crippen LogP contribution in [0.3, 0.4) is 0 Å². The molecule has 0 saturated heterocycles. The van der Waals surface area contributed by atoms with E-state index >= 15 is 0 Å². The third kappa shape index (κ3) is 5.07. The largest absolute Gasteiger partial charge is 0.497 e. The van der Waals surface area contributed by atoms with Gasteiger partial charge >= 0.3 is 0 Å². The van der Waals surface area contributed by atoms with Gasteiger partial charge in [-0.2, -0.15) is 9.78 Å². The third-order valence-electron chi connectivity index (χ3n) is 5.83. The molecule has 0 atom stereocenters. The molecule has 10 heteroatoms. The summed E-state index contributed by atoms with van der Waals surface area (Å²) in [6.45, 7) is 0.408. The van der Waals surface area contributed by atoms with Crippen molar-refractivity contribution in [2.75, 3.05) is 19.4 Å². The zero-order chi connectivity index (χ0) is 25.9. The van der Waals surface area contributed by atoms with Crippen LogP contribution in [0, 0.1) is 0 Å². The number of nitrogens with zero attached hydrogens (tertiary/aromatic N) is 4. The Hall–Kier alpha value is -4.14. The highest BCUT2D eigenvalue weighted by molar-refractivity contribution is 6.42. The second-order valence-corrected chi connectivity index (χ2v) is 9.04. The lowest BCUT2D eigenvalue weighted by Crippen LogP contribution is -2.26. The maximum Gasteiger partial charge on any atom is 0.257 e. The number of ether oxygens (including phenoxy) is 1. The van der Waals surface area contributed by atoms with Gasteiger partial charge in [0.05, 0.1) is 34.4 Å². The van der Waals surface area contributed by atoms with Gasteiger partial charge in [-0.1, -0.05) is 53.5 Å². The van der Waals surface area contributed by atoms with Crippen LogP contribution in [-0.4, -0.2) is 40.4 Å². The van der Waals surface area contributed by atoms with Gasteiger partial charge in [-0.15, -0.1) is 0 Å². The first-order chi connectivity index (χ1) is 17.9. The standard InChI is InChI=1S/C27H22Cl2N6O2/c1-37-18-9-6-16(7-10-18)12-13-31-27(36)23-24-26(34-22-5-3-2-4-21(22)33-24)35(25(23)30)32-15-17-8-11-19(28)20(29)14-17/h2-11,14-15H,12-13,30H2,1H3,(H,31,36). The van der Waals surface area contributed by atoms with Crippen LogP contribution < -0.4 is 15.8 Å². The number of anilines is 1. The van der Waals surface area contributed by atoms with Crippen LogP contribution in [0.5, 0.6) is 5.75 Å². The van der Waals surface area contributed by atoms with Crippen LogP contribution in [0.2, 0.25) is 10.0 Å². The lowest BCUT2D eigenvalue weighted by atomic mass is 10.1. The number of carbonyl (C=O) groups excluding carboxylic acids is 1. The van der Waals surface area contributed by atoms with Crippen LogP contribution in [-0.2, 0) is 6.42 Å². The summed E-state index contributed by atoms with van der Waals surface area (Å²) < 4.78 is 6.61. The topological polar surface area (TPSA) is 107 Å². The molecule has 2 heterocycles. The van der Waals surface area contributed by atoms with Gasteiger partial charge in [0, 0.05) is 6.54 Å². The zero-order valence-electron chi connectivity index (χ0n) is 19.8. The van der Waals surface area contributed by atoms with E-state index in [0.717, 1.165) is 11.3 Å². The second kappa shape index (κ2) is 10.5. The Morgan fingerprint density at radius 3 is 2.49 bits per heavy atom. The number of carbonyl (C=O) groups is 1. The van der Waals surface area contributed by atoms with Crippen molar-refractivity contribution in [3.63, 3.8) is 0 Å². The average Bonchev–Trinajstić information content (AvgIpc) is 3.18. The summed E-state index contributed by atoms with van der Waals surface area (Å²) in [5, 5.41) is 8.28. The molecular weight excluding hydrogens is 511 g/mol. The normalized spacial score (nSPS) is 11.4. The minimum atomic E-state index is -0.357. The fourth-order valence-electron chi connectivity index (χ4n) is 3.91. The van der Waals surface area contributed by atoms with Crippen molar-refractivity contribution in [3.05, 3.63) is 93.5 Å². The van der Waals surface area contributed by atoms with Crippen LogP contribution in [0.15, 0.2) is 71.8 Å². The predicted molar refractivity (Wildman–Crippen MR) is 148 cm³/mol. The summed E-state index contributed by atoms with van der Waals surface area (Å²) in [4.78, 5) is 22.7. The fraction of sp³-hybridized carbons (Fsp3) is 0.111. The number of amides is 1. The zero-order valence-corrected chi connectivity index (χ0v) is 21.3. The van der Waals surface area contributed by atoms with Gasteiger partial charge < -0.3 is 15.8 Å². The van der Waals surface area contributed by atoms with Crippen LogP contribution in [0.25, 0.3) is 22.2 Å². The first-order valence-electron chi connectivity index (χ1n) is 11.4. The van der Waals surface area contributed by atoms with E-state index in [1.165, 1.54) is 4.68 Å². The van der Waals surface area contributed by atoms with Crippen molar-refractivity contribution < 1.29 is 9.53 Å². The lowest BCUT2D eigenvalue weighted by molar-refractivity contribution is 0.0956. The molecule has 0 unspecified atom stereocenters. The summed E-state index contributed by atoms with van der Waals surface area (Å²) in [7, 11) is 1.62. The number of benzene rings is 3. The van der Waals surface area contributed by atoms with E-state index in [4.69, 9.17) is 43.6 Å². The van der Waals surface area contributed by atoms with Crippen molar-refractivity contribution >= 4 is 63.3 Å². The number of halogens is 2. The number of aromatic nitrogens is 3. The van der Waals surface area contributed by atoms with E-state index in [1.54, 1.807) is 31.5 Å². The van der Waals surface area contributed by atoms with E-state index in [1.807, 2.05) is 48.5 Å². The molecule has 0 fully saturated rings. The van der Waals surface area contributed by atoms with Gasteiger partial charge in [-0.3, -0.25) is 4.79 Å². The van der Waals surface area contributed by atoms with Crippen molar-refractivity contribution in [1.82, 2.24) is 20.0 Å². The van der Waals surface area contributed by atoms with Crippen molar-refractivity contribution in [2.24, 2.45) is 5.10 Å². The second-order valence-electron chi connectivity index (χ2n) is 8.23. The number of rotatable bonds is 7. The molecule has 0 aliphatic rings. The Balaban J connectivity index is 1.49. The highest BCUT2D eigenvalue weighted by Crippen LogP contribution is 2.28. The molecule has 0 saturated carbocycles. The smallest absolute Gasteiger partial charge is 0.257 e. The number of para-hydroxylation sites is 2. The number of nitrogens with one attached hydrogen (secondary N) is 1. The molecule has 3 N–H and O–H groups in total. The molecule has 0 aliphatic heterocycles. The predicted octanol–water partition coefficient (Wildman–Crippen LogP) is 5.34. The van der Waals surface area contributed by atoms with E-state index in [2.05, 4.69) is 10.4 Å². The SMILES string of the molecule is COc1ccc(CCNC(=O)c2c(N)n(N=Cc3ccc(Cl)c(Cl)c3)c3nc4ccccc4nc23)cc1. The number of methoxy groups -OCH3 is 1. The summed E-state index contributed by atoms with van der Waals surface area (Å²) in [6, 6.07) is 20.2. The molecular formula is C27H22Cl2N6O2. The molecule has 3 aromatic carbocycles. The molecule has 5 rings (SSSR count). The first-order valence-corrected chi connectivity index (χ1v) is 12.2. The molecule has 186 valence electrons. The monoisotopic (exact) mass is 532 g/mol. The maximum atomic E-state index is 13.3. The van der Waals surface area contributed by atoms with Gasteiger partial charge in [0.15, 0.2) is 5.65 Å². The van der Waals surface area contributed by atoms with E-state index in [9.17, 15) is 4.79 Å². The first kappa shape index (κ1) is 24.5. The van der Waals surface area contributed by atoms with E-state index in [0.29, 0.717) is 50.8 Å². The minimum absolute atomic E-state index is 0.128. The quantitative estimate of drug-likeness (QED) is 0.275. The van der Waals surface area contributed by atoms with Gasteiger partial charge in [0.1, 0.15) is 22.6 Å². The third-order valence-corrected chi connectivity index (χ3v) is 6.56. The minimum Gasteiger partial charge on any atom is -0.497 e. The molecule has 37 heavy (non-hydrogen) atoms. The Morgan fingerprint density at radius 1 is 1.05 bits per heavy atom. The van der Waals surface area contributed by atoms with Crippen LogP contribution in [0.1, 0.15) is 21.5 Å². The summed E-state index contributed by atoms with van der Waals surface area (Å²) in [6.07, 6.45) is 2.21. The van der Waals surface area contributed by atoms with Gasteiger partial charge in [0.25, 0.3) is 5.91 Å². The highest BCUT2D eigenvalue weighted by atomic mass is 35.5. The Morgan fingerprint density at radius 2 is 1.78 bits per heavy atom. The molecule has 5 aromatic rings. The Kier molecular flexibility index (Phi) is 6.94. The van der Waals surface area contributed by atoms with Gasteiger partial charge in [0.2, 0.25) is 0 Å².